The summed E-state index contributed by atoms with van der Waals surface area (Å²) >= 11 is 1.59. The van der Waals surface area contributed by atoms with Crippen molar-refractivity contribution in [1.82, 2.24) is 4.98 Å². The Bertz CT molecular complexity index is 381. The largest absolute Gasteiger partial charge is 0.348 e. The molecular formula is C13H20N2OS. The first-order valence-electron chi connectivity index (χ1n) is 6.42. The smallest absolute Gasteiger partial charge is 0.185 e. The number of thiazole rings is 1. The average Bonchev–Trinajstić information content (AvgIpc) is 2.80. The van der Waals surface area contributed by atoms with Crippen LogP contribution in [0.1, 0.15) is 50.0 Å². The molecule has 1 aromatic heterocycles. The van der Waals surface area contributed by atoms with E-state index in [1.165, 1.54) is 25.7 Å². The van der Waals surface area contributed by atoms with Gasteiger partial charge in [0.15, 0.2) is 10.9 Å². The molecule has 94 valence electrons. The molecule has 4 heteroatoms. The molecule has 1 aliphatic rings. The van der Waals surface area contributed by atoms with E-state index in [4.69, 9.17) is 0 Å². The lowest BCUT2D eigenvalue weighted by Gasteiger charge is -2.31. The maximum Gasteiger partial charge on any atom is 0.185 e. The maximum atomic E-state index is 11.2. The zero-order valence-corrected chi connectivity index (χ0v) is 11.4. The van der Waals surface area contributed by atoms with Crippen molar-refractivity contribution in [2.24, 2.45) is 5.92 Å². The lowest BCUT2D eigenvalue weighted by atomic mass is 9.93. The van der Waals surface area contributed by atoms with Gasteiger partial charge in [0.05, 0.1) is 0 Å². The van der Waals surface area contributed by atoms with Gasteiger partial charge in [-0.3, -0.25) is 4.79 Å². The topological polar surface area (TPSA) is 33.2 Å². The SMILES string of the molecule is CCCC1CCN(c2nc(C(C)=O)cs2)CC1. The molecule has 0 saturated carbocycles. The first-order chi connectivity index (χ1) is 8.20. The molecule has 3 nitrogen and oxygen atoms in total. The highest BCUT2D eigenvalue weighted by atomic mass is 32.1. The van der Waals surface area contributed by atoms with Crippen LogP contribution in [0.3, 0.4) is 0 Å². The van der Waals surface area contributed by atoms with Gasteiger partial charge in [-0.05, 0) is 18.8 Å². The lowest BCUT2D eigenvalue weighted by molar-refractivity contribution is 0.101. The predicted octanol–water partition coefficient (Wildman–Crippen LogP) is 3.36. The van der Waals surface area contributed by atoms with Crippen LogP contribution < -0.4 is 4.90 Å². The van der Waals surface area contributed by atoms with Crippen molar-refractivity contribution in [1.29, 1.82) is 0 Å². The highest BCUT2D eigenvalue weighted by Gasteiger charge is 2.21. The summed E-state index contributed by atoms with van der Waals surface area (Å²) in [5.41, 5.74) is 0.612. The van der Waals surface area contributed by atoms with E-state index in [-0.39, 0.29) is 5.78 Å². The highest BCUT2D eigenvalue weighted by Crippen LogP contribution is 2.28. The van der Waals surface area contributed by atoms with Crippen LogP contribution in [-0.2, 0) is 0 Å². The second-order valence-corrected chi connectivity index (χ2v) is 5.63. The molecule has 0 aliphatic carbocycles. The van der Waals surface area contributed by atoms with E-state index in [0.717, 1.165) is 24.1 Å². The number of hydrogen-bond donors (Lipinski definition) is 0. The first kappa shape index (κ1) is 12.6. The summed E-state index contributed by atoms with van der Waals surface area (Å²) in [5.74, 6) is 0.955. The number of Topliss-reactive ketones (excluding diaryl/α,β-unsaturated/α-hetero) is 1. The second kappa shape index (κ2) is 5.63. The van der Waals surface area contributed by atoms with Crippen molar-refractivity contribution in [2.45, 2.75) is 39.5 Å². The Hall–Kier alpha value is -0.900. The first-order valence-corrected chi connectivity index (χ1v) is 7.30. The van der Waals surface area contributed by atoms with E-state index in [0.29, 0.717) is 5.69 Å². The third-order valence-corrected chi connectivity index (χ3v) is 4.34. The second-order valence-electron chi connectivity index (χ2n) is 4.79. The van der Waals surface area contributed by atoms with Gasteiger partial charge in [0, 0.05) is 25.4 Å². The van der Waals surface area contributed by atoms with Crippen LogP contribution in [0, 0.1) is 5.92 Å². The van der Waals surface area contributed by atoms with Crippen LogP contribution >= 0.6 is 11.3 Å². The molecule has 17 heavy (non-hydrogen) atoms. The summed E-state index contributed by atoms with van der Waals surface area (Å²) in [4.78, 5) is 17.9. The third-order valence-electron chi connectivity index (χ3n) is 3.43. The van der Waals surface area contributed by atoms with Crippen molar-refractivity contribution in [2.75, 3.05) is 18.0 Å². The van der Waals surface area contributed by atoms with Crippen LogP contribution in [0.5, 0.6) is 0 Å². The molecule has 0 N–H and O–H groups in total. The molecule has 1 aliphatic heterocycles. The third kappa shape index (κ3) is 3.06. The fourth-order valence-electron chi connectivity index (χ4n) is 2.39. The minimum Gasteiger partial charge on any atom is -0.348 e. The van der Waals surface area contributed by atoms with E-state index in [1.807, 2.05) is 5.38 Å². The maximum absolute atomic E-state index is 11.2. The van der Waals surface area contributed by atoms with Gasteiger partial charge in [0.2, 0.25) is 0 Å². The number of rotatable bonds is 4. The number of nitrogens with zero attached hydrogens (tertiary/aromatic N) is 2. The van der Waals surface area contributed by atoms with E-state index in [1.54, 1.807) is 18.3 Å². The van der Waals surface area contributed by atoms with E-state index < -0.39 is 0 Å². The lowest BCUT2D eigenvalue weighted by Crippen LogP contribution is -2.33. The van der Waals surface area contributed by atoms with Crippen molar-refractivity contribution in [3.63, 3.8) is 0 Å². The molecule has 1 aromatic rings. The van der Waals surface area contributed by atoms with Gasteiger partial charge in [-0.2, -0.15) is 0 Å². The van der Waals surface area contributed by atoms with Crippen LogP contribution in [0.25, 0.3) is 0 Å². The molecule has 0 bridgehead atoms. The van der Waals surface area contributed by atoms with Gasteiger partial charge in [-0.15, -0.1) is 11.3 Å². The Morgan fingerprint density at radius 1 is 1.53 bits per heavy atom. The zero-order valence-electron chi connectivity index (χ0n) is 10.6. The summed E-state index contributed by atoms with van der Waals surface area (Å²) in [6.45, 7) is 6.02. The number of piperidine rings is 1. The Morgan fingerprint density at radius 3 is 2.76 bits per heavy atom. The van der Waals surface area contributed by atoms with Crippen LogP contribution in [0.2, 0.25) is 0 Å². The van der Waals surface area contributed by atoms with Gasteiger partial charge in [0.1, 0.15) is 5.69 Å². The van der Waals surface area contributed by atoms with Crippen molar-refractivity contribution >= 4 is 22.3 Å². The van der Waals surface area contributed by atoms with Gasteiger partial charge < -0.3 is 4.90 Å². The number of carbonyl (C=O) groups excluding carboxylic acids is 1. The van der Waals surface area contributed by atoms with Crippen LogP contribution in [0.4, 0.5) is 5.13 Å². The van der Waals surface area contributed by atoms with E-state index >= 15 is 0 Å². The number of carbonyl (C=O) groups is 1. The molecule has 1 saturated heterocycles. The van der Waals surface area contributed by atoms with Crippen LogP contribution in [-0.4, -0.2) is 23.9 Å². The number of ketones is 1. The molecule has 0 amide bonds. The molecule has 0 unspecified atom stereocenters. The Labute approximate surface area is 107 Å². The number of hydrogen-bond acceptors (Lipinski definition) is 4. The zero-order chi connectivity index (χ0) is 12.3. The number of aromatic nitrogens is 1. The fraction of sp³-hybridized carbons (Fsp3) is 0.692. The van der Waals surface area contributed by atoms with Crippen molar-refractivity contribution in [3.8, 4) is 0 Å². The minimum atomic E-state index is 0.0633. The Balaban J connectivity index is 1.93. The van der Waals surface area contributed by atoms with Gasteiger partial charge >= 0.3 is 0 Å². The molecule has 0 radical (unpaired) electrons. The Kier molecular flexibility index (Phi) is 4.15. The molecule has 0 atom stereocenters. The minimum absolute atomic E-state index is 0.0633. The molecule has 2 rings (SSSR count). The normalized spacial score (nSPS) is 17.4. The molecule has 0 spiro atoms. The van der Waals surface area contributed by atoms with Gasteiger partial charge in [-0.1, -0.05) is 19.8 Å². The Morgan fingerprint density at radius 2 is 2.24 bits per heavy atom. The van der Waals surface area contributed by atoms with E-state index in [2.05, 4.69) is 16.8 Å². The molecular weight excluding hydrogens is 232 g/mol. The number of anilines is 1. The summed E-state index contributed by atoms with van der Waals surface area (Å²) in [5, 5.41) is 2.89. The van der Waals surface area contributed by atoms with Crippen molar-refractivity contribution < 1.29 is 4.79 Å². The highest BCUT2D eigenvalue weighted by molar-refractivity contribution is 7.13. The monoisotopic (exact) mass is 252 g/mol. The molecule has 1 fully saturated rings. The molecule has 2 heterocycles. The molecule has 0 aromatic carbocycles. The van der Waals surface area contributed by atoms with Gasteiger partial charge in [-0.25, -0.2) is 4.98 Å². The quantitative estimate of drug-likeness (QED) is 0.770. The fourth-order valence-corrected chi connectivity index (χ4v) is 3.31. The summed E-state index contributed by atoms with van der Waals surface area (Å²) in [7, 11) is 0. The standard InChI is InChI=1S/C13H20N2OS/c1-3-4-11-5-7-15(8-6-11)13-14-12(9-17-13)10(2)16/h9,11H,3-8H2,1-2H3. The van der Waals surface area contributed by atoms with Crippen molar-refractivity contribution in [3.05, 3.63) is 11.1 Å². The summed E-state index contributed by atoms with van der Waals surface area (Å²) < 4.78 is 0. The summed E-state index contributed by atoms with van der Waals surface area (Å²) in [6.07, 6.45) is 5.17. The predicted molar refractivity (Wildman–Crippen MR) is 72.0 cm³/mol. The summed E-state index contributed by atoms with van der Waals surface area (Å²) in [6, 6.07) is 0. The van der Waals surface area contributed by atoms with Crippen LogP contribution in [0.15, 0.2) is 5.38 Å². The average molecular weight is 252 g/mol. The van der Waals surface area contributed by atoms with E-state index in [9.17, 15) is 4.79 Å². The van der Waals surface area contributed by atoms with Gasteiger partial charge in [0.25, 0.3) is 0 Å².